The number of rotatable bonds is 5. The molecule has 0 atom stereocenters. The van der Waals surface area contributed by atoms with Gasteiger partial charge >= 0.3 is 0 Å². The van der Waals surface area contributed by atoms with Gasteiger partial charge in [0.15, 0.2) is 6.29 Å². The number of likely N-dealkylation sites (N-methyl/N-ethyl adjacent to an activating group) is 1. The number of carbonyl (C=O) groups is 2. The molecule has 0 aliphatic heterocycles. The molecule has 0 bridgehead atoms. The van der Waals surface area contributed by atoms with Crippen molar-refractivity contribution in [2.24, 2.45) is 0 Å². The Balaban J connectivity index is 1.98. The average Bonchev–Trinajstić information content (AvgIpc) is 3.12. The van der Waals surface area contributed by atoms with Crippen molar-refractivity contribution in [3.63, 3.8) is 0 Å². The van der Waals surface area contributed by atoms with Gasteiger partial charge in [-0.25, -0.2) is 0 Å². The summed E-state index contributed by atoms with van der Waals surface area (Å²) in [5, 5.41) is 2.94. The zero-order valence-corrected chi connectivity index (χ0v) is 11.7. The van der Waals surface area contributed by atoms with Gasteiger partial charge in [0.1, 0.15) is 0 Å². The van der Waals surface area contributed by atoms with Crippen LogP contribution in [0.1, 0.15) is 23.2 Å². The van der Waals surface area contributed by atoms with Gasteiger partial charge in [-0.05, 0) is 47.0 Å². The Bertz CT molecular complexity index is 472. The molecule has 1 N–H and O–H groups in total. The quantitative estimate of drug-likeness (QED) is 0.846. The zero-order chi connectivity index (χ0) is 13.1. The van der Waals surface area contributed by atoms with Gasteiger partial charge in [0.2, 0.25) is 5.91 Å². The van der Waals surface area contributed by atoms with Crippen molar-refractivity contribution >= 4 is 33.8 Å². The number of amides is 1. The van der Waals surface area contributed by atoms with Crippen LogP contribution in [0, 0.1) is 0 Å². The van der Waals surface area contributed by atoms with Crippen LogP contribution in [0.3, 0.4) is 0 Å². The van der Waals surface area contributed by atoms with Gasteiger partial charge in [-0.3, -0.25) is 9.59 Å². The smallest absolute Gasteiger partial charge is 0.239 e. The number of nitrogens with one attached hydrogen (secondary N) is 1. The lowest BCUT2D eigenvalue weighted by Crippen LogP contribution is -2.36. The highest BCUT2D eigenvalue weighted by Gasteiger charge is 2.23. The minimum atomic E-state index is 0.0376. The first-order valence-corrected chi connectivity index (χ1v) is 6.64. The van der Waals surface area contributed by atoms with Crippen molar-refractivity contribution in [3.8, 4) is 0 Å². The molecule has 1 aliphatic carbocycles. The van der Waals surface area contributed by atoms with E-state index in [-0.39, 0.29) is 5.91 Å². The summed E-state index contributed by atoms with van der Waals surface area (Å²) in [6.07, 6.45) is 2.98. The second-order valence-electron chi connectivity index (χ2n) is 4.52. The standard InChI is InChI=1S/C13H15BrN2O2/c1-16(7-13(18)15-10-3-4-10)11-5-2-9(8-17)12(14)6-11/h2,5-6,8,10H,3-4,7H2,1H3,(H,15,18). The molecular weight excluding hydrogens is 296 g/mol. The lowest BCUT2D eigenvalue weighted by molar-refractivity contribution is -0.119. The third-order valence-corrected chi connectivity index (χ3v) is 3.56. The Morgan fingerprint density at radius 2 is 2.28 bits per heavy atom. The Morgan fingerprint density at radius 1 is 1.56 bits per heavy atom. The summed E-state index contributed by atoms with van der Waals surface area (Å²) in [5.41, 5.74) is 1.51. The number of benzene rings is 1. The van der Waals surface area contributed by atoms with Crippen molar-refractivity contribution in [2.45, 2.75) is 18.9 Å². The van der Waals surface area contributed by atoms with E-state index >= 15 is 0 Å². The fourth-order valence-electron chi connectivity index (χ4n) is 1.66. The number of halogens is 1. The van der Waals surface area contributed by atoms with E-state index in [0.717, 1.165) is 29.3 Å². The monoisotopic (exact) mass is 310 g/mol. The number of aldehydes is 1. The van der Waals surface area contributed by atoms with E-state index in [1.807, 2.05) is 24.1 Å². The molecule has 2 rings (SSSR count). The highest BCUT2D eigenvalue weighted by Crippen LogP contribution is 2.23. The van der Waals surface area contributed by atoms with E-state index in [9.17, 15) is 9.59 Å². The number of anilines is 1. The van der Waals surface area contributed by atoms with E-state index in [4.69, 9.17) is 0 Å². The molecule has 1 saturated carbocycles. The number of hydrogen-bond acceptors (Lipinski definition) is 3. The third-order valence-electron chi connectivity index (χ3n) is 2.88. The predicted molar refractivity (Wildman–Crippen MR) is 74.0 cm³/mol. The number of carbonyl (C=O) groups excluding carboxylic acids is 2. The molecule has 0 radical (unpaired) electrons. The summed E-state index contributed by atoms with van der Waals surface area (Å²) in [6, 6.07) is 5.80. The van der Waals surface area contributed by atoms with Gasteiger partial charge in [0.05, 0.1) is 6.54 Å². The first-order chi connectivity index (χ1) is 8.60. The normalized spacial score (nSPS) is 14.1. The fourth-order valence-corrected chi connectivity index (χ4v) is 2.12. The van der Waals surface area contributed by atoms with E-state index in [1.165, 1.54) is 0 Å². The molecule has 5 heteroatoms. The summed E-state index contributed by atoms with van der Waals surface area (Å²) in [6.45, 7) is 0.323. The second kappa shape index (κ2) is 5.52. The van der Waals surface area contributed by atoms with E-state index in [2.05, 4.69) is 21.2 Å². The van der Waals surface area contributed by atoms with Crippen LogP contribution >= 0.6 is 15.9 Å². The Morgan fingerprint density at radius 3 is 2.83 bits per heavy atom. The molecule has 1 fully saturated rings. The molecule has 18 heavy (non-hydrogen) atoms. The van der Waals surface area contributed by atoms with Crippen LogP contribution < -0.4 is 10.2 Å². The molecule has 0 saturated heterocycles. The molecule has 0 heterocycles. The third kappa shape index (κ3) is 3.32. The van der Waals surface area contributed by atoms with Crippen LogP contribution in [-0.2, 0) is 4.79 Å². The molecule has 1 aromatic rings. The zero-order valence-electron chi connectivity index (χ0n) is 10.1. The second-order valence-corrected chi connectivity index (χ2v) is 5.38. The van der Waals surface area contributed by atoms with Crippen LogP contribution in [0.5, 0.6) is 0 Å². The Kier molecular flexibility index (Phi) is 4.01. The van der Waals surface area contributed by atoms with Crippen molar-refractivity contribution < 1.29 is 9.59 Å². The number of hydrogen-bond donors (Lipinski definition) is 1. The first-order valence-electron chi connectivity index (χ1n) is 5.85. The molecule has 96 valence electrons. The highest BCUT2D eigenvalue weighted by molar-refractivity contribution is 9.10. The van der Waals surface area contributed by atoms with Gasteiger partial charge in [-0.2, -0.15) is 0 Å². The van der Waals surface area contributed by atoms with Crippen LogP contribution in [0.15, 0.2) is 22.7 Å². The summed E-state index contributed by atoms with van der Waals surface area (Å²) < 4.78 is 0.740. The molecular formula is C13H15BrN2O2. The van der Waals surface area contributed by atoms with Crippen LogP contribution in [-0.4, -0.2) is 31.8 Å². The van der Waals surface area contributed by atoms with E-state index in [1.54, 1.807) is 6.07 Å². The van der Waals surface area contributed by atoms with Crippen LogP contribution in [0.2, 0.25) is 0 Å². The molecule has 0 unspecified atom stereocenters. The molecule has 1 amide bonds. The fraction of sp³-hybridized carbons (Fsp3) is 0.385. The molecule has 1 aliphatic rings. The maximum atomic E-state index is 11.7. The van der Waals surface area contributed by atoms with E-state index < -0.39 is 0 Å². The van der Waals surface area contributed by atoms with Crippen molar-refractivity contribution in [1.82, 2.24) is 5.32 Å². The lowest BCUT2D eigenvalue weighted by Gasteiger charge is -2.19. The van der Waals surface area contributed by atoms with Crippen LogP contribution in [0.4, 0.5) is 5.69 Å². The van der Waals surface area contributed by atoms with Crippen molar-refractivity contribution in [1.29, 1.82) is 0 Å². The van der Waals surface area contributed by atoms with Gasteiger partial charge in [0, 0.05) is 28.8 Å². The first kappa shape index (κ1) is 13.1. The van der Waals surface area contributed by atoms with Crippen molar-refractivity contribution in [2.75, 3.05) is 18.5 Å². The molecule has 0 aromatic heterocycles. The predicted octanol–water partition coefficient (Wildman–Crippen LogP) is 1.98. The SMILES string of the molecule is CN(CC(=O)NC1CC1)c1ccc(C=O)c(Br)c1. The lowest BCUT2D eigenvalue weighted by atomic mass is 10.2. The molecule has 1 aromatic carbocycles. The van der Waals surface area contributed by atoms with Gasteiger partial charge in [-0.15, -0.1) is 0 Å². The summed E-state index contributed by atoms with van der Waals surface area (Å²) in [7, 11) is 1.86. The Labute approximate surface area is 114 Å². The topological polar surface area (TPSA) is 49.4 Å². The van der Waals surface area contributed by atoms with Gasteiger partial charge < -0.3 is 10.2 Å². The summed E-state index contributed by atoms with van der Waals surface area (Å²) in [5.74, 6) is 0.0376. The molecule has 4 nitrogen and oxygen atoms in total. The van der Waals surface area contributed by atoms with Gasteiger partial charge in [-0.1, -0.05) is 0 Å². The number of nitrogens with zero attached hydrogens (tertiary/aromatic N) is 1. The van der Waals surface area contributed by atoms with E-state index in [0.29, 0.717) is 18.2 Å². The van der Waals surface area contributed by atoms with Crippen molar-refractivity contribution in [3.05, 3.63) is 28.2 Å². The highest BCUT2D eigenvalue weighted by atomic mass is 79.9. The Hall–Kier alpha value is -1.36. The largest absolute Gasteiger partial charge is 0.365 e. The molecule has 0 spiro atoms. The van der Waals surface area contributed by atoms with Gasteiger partial charge in [0.25, 0.3) is 0 Å². The average molecular weight is 311 g/mol. The maximum Gasteiger partial charge on any atom is 0.239 e. The maximum absolute atomic E-state index is 11.7. The minimum Gasteiger partial charge on any atom is -0.365 e. The summed E-state index contributed by atoms with van der Waals surface area (Å²) >= 11 is 3.33. The summed E-state index contributed by atoms with van der Waals surface area (Å²) in [4.78, 5) is 24.2. The minimum absolute atomic E-state index is 0.0376. The van der Waals surface area contributed by atoms with Crippen LogP contribution in [0.25, 0.3) is 0 Å².